The number of hydrogen-bond donors (Lipinski definition) is 8. The van der Waals surface area contributed by atoms with E-state index in [2.05, 4.69) is 55.5 Å². The van der Waals surface area contributed by atoms with Crippen LogP contribution in [-0.2, 0) is 105 Å². The summed E-state index contributed by atoms with van der Waals surface area (Å²) in [6.45, 7) is 17.5. The molecule has 30 nitrogen and oxygen atoms in total. The summed E-state index contributed by atoms with van der Waals surface area (Å²) in [6, 6.07) is 0. The first-order chi connectivity index (χ1) is 39.9. The highest BCUT2D eigenvalue weighted by Gasteiger charge is 2.53. The molecule has 0 rings (SSSR count). The molecule has 8 atom stereocenters. The van der Waals surface area contributed by atoms with Crippen molar-refractivity contribution in [2.24, 2.45) is 10.8 Å². The fraction of sp³-hybridized carbons (Fsp3) is 0.593. The van der Waals surface area contributed by atoms with Gasteiger partial charge in [-0.15, -0.1) is 0 Å². The van der Waals surface area contributed by atoms with Crippen molar-refractivity contribution < 1.29 is 146 Å². The Morgan fingerprint density at radius 2 is 0.512 bits per heavy atom. The number of carbonyl (C=O) groups excluding carboxylic acids is 8. The van der Waals surface area contributed by atoms with E-state index >= 15 is 0 Å². The van der Waals surface area contributed by atoms with E-state index < -0.39 is 160 Å². The molecule has 0 amide bonds. The van der Waals surface area contributed by atoms with Crippen molar-refractivity contribution in [2.45, 2.75) is 62.2 Å². The lowest BCUT2D eigenvalue weighted by atomic mass is 9.73. The molecule has 0 spiro atoms. The number of aliphatic hydroxyl groups is 8. The molecule has 0 fully saturated rings. The van der Waals surface area contributed by atoms with Gasteiger partial charge in [-0.1, -0.05) is 53.0 Å². The molecule has 0 bridgehead atoms. The average molecular weight is 1210 g/mol. The highest BCUT2D eigenvalue weighted by atomic mass is 16.6. The van der Waals surface area contributed by atoms with E-state index in [0.717, 1.165) is 42.5 Å². The summed E-state index contributed by atoms with van der Waals surface area (Å²) in [5, 5.41) is 86.0. The number of hydrogen-bond acceptors (Lipinski definition) is 30. The van der Waals surface area contributed by atoms with Crippen molar-refractivity contribution in [3.63, 3.8) is 0 Å². The highest BCUT2D eigenvalue weighted by molar-refractivity contribution is 5.83. The molecule has 0 aromatic heterocycles. The van der Waals surface area contributed by atoms with Gasteiger partial charge in [-0.25, -0.2) is 33.6 Å². The maximum atomic E-state index is 11.9. The van der Waals surface area contributed by atoms with Crippen molar-refractivity contribution >= 4 is 47.8 Å². The minimum absolute atomic E-state index is 0.0138. The third kappa shape index (κ3) is 33.6. The number of carbonyl (C=O) groups is 8. The van der Waals surface area contributed by atoms with Gasteiger partial charge in [0, 0.05) is 49.0 Å². The normalized spacial score (nSPS) is 15.1. The van der Waals surface area contributed by atoms with Gasteiger partial charge in [0.15, 0.2) is 0 Å². The number of aliphatic hydroxyl groups excluding tert-OH is 8. The molecule has 0 aromatic carbocycles. The summed E-state index contributed by atoms with van der Waals surface area (Å²) in [6.07, 6.45) is -7.50. The van der Waals surface area contributed by atoms with Crippen LogP contribution in [-0.4, -0.2) is 270 Å². The quantitative estimate of drug-likeness (QED) is 0.0130. The summed E-state index contributed by atoms with van der Waals surface area (Å²) in [4.78, 5) is 92.2. The maximum Gasteiger partial charge on any atom is 0.330 e. The number of ether oxygens (including phenoxy) is 14. The van der Waals surface area contributed by atoms with Gasteiger partial charge in [0.2, 0.25) is 0 Å². The third-order valence-corrected chi connectivity index (χ3v) is 11.1. The van der Waals surface area contributed by atoms with E-state index in [-0.39, 0.29) is 72.5 Å². The smallest absolute Gasteiger partial charge is 0.330 e. The molecule has 478 valence electrons. The molecule has 8 N–H and O–H groups in total. The molecule has 0 aromatic rings. The standard InChI is InChI=1S/C38H56O21.C16H26O9/c1-7-31(45)54-17-25(39)37(26(40)18-55-32(46)8-2,27(41)19-56-33(47)9-3)23-52-15-13-51-14-16-53-24-38(28(42)20-57-34(48)10-4,29(43)21-58-35(49)11-5)30(44)22-59-36(50)12-6;1-3-15(19)24-11-13(17)9-22-7-5-21-6-8-23-10-14(18)12-25-16(20)4-2/h7-11,25-30,39-44H,1-5,12-24H2,6H3;3-4,13-14,17-18H,1-2,5-12H2. The van der Waals surface area contributed by atoms with Gasteiger partial charge in [-0.2, -0.15) is 0 Å². The van der Waals surface area contributed by atoms with Gasteiger partial charge in [-0.3, -0.25) is 4.79 Å². The maximum absolute atomic E-state index is 11.9. The fourth-order valence-electron chi connectivity index (χ4n) is 6.40. The Balaban J connectivity index is 0. The molecule has 0 heterocycles. The van der Waals surface area contributed by atoms with E-state index in [9.17, 15) is 79.2 Å². The van der Waals surface area contributed by atoms with Crippen LogP contribution in [0.2, 0.25) is 0 Å². The lowest BCUT2D eigenvalue weighted by Gasteiger charge is -2.44. The van der Waals surface area contributed by atoms with E-state index in [1.807, 2.05) is 0 Å². The SMILES string of the molecule is C=CC(=O)OCC(O)C(COCCOCCOCC(C(O)COC(=O)C=C)(C(O)COC(=O)C=C)C(O)COC(=O)CC)(C(O)COC(=O)C=C)C(O)COC(=O)C=C.C=CC(=O)OCC(O)COCCOCCOCC(O)COC(=O)C=C. The lowest BCUT2D eigenvalue weighted by molar-refractivity contribution is -0.210. The first kappa shape index (κ1) is 79.4. The number of rotatable bonds is 50. The van der Waals surface area contributed by atoms with Gasteiger partial charge >= 0.3 is 47.8 Å². The van der Waals surface area contributed by atoms with Gasteiger partial charge in [-0.05, 0) is 0 Å². The van der Waals surface area contributed by atoms with Gasteiger partial charge < -0.3 is 107 Å². The molecule has 0 saturated carbocycles. The Morgan fingerprint density at radius 1 is 0.310 bits per heavy atom. The van der Waals surface area contributed by atoms with E-state index in [1.54, 1.807) is 0 Å². The van der Waals surface area contributed by atoms with Crippen LogP contribution < -0.4 is 0 Å². The fourth-order valence-corrected chi connectivity index (χ4v) is 6.40. The molecule has 30 heteroatoms. The van der Waals surface area contributed by atoms with Crippen LogP contribution in [0.1, 0.15) is 13.3 Å². The van der Waals surface area contributed by atoms with E-state index in [1.165, 1.54) is 6.92 Å². The second-order valence-electron chi connectivity index (χ2n) is 17.0. The Bertz CT molecular complexity index is 1890. The predicted molar refractivity (Wildman–Crippen MR) is 287 cm³/mol. The summed E-state index contributed by atoms with van der Waals surface area (Å²) in [5.41, 5.74) is -4.49. The Labute approximate surface area is 485 Å². The van der Waals surface area contributed by atoms with Crippen LogP contribution in [0.15, 0.2) is 88.6 Å². The van der Waals surface area contributed by atoms with Gasteiger partial charge in [0.1, 0.15) is 102 Å². The largest absolute Gasteiger partial charge is 0.463 e. The predicted octanol–water partition coefficient (Wildman–Crippen LogP) is -3.01. The molecule has 0 radical (unpaired) electrons. The van der Waals surface area contributed by atoms with Crippen LogP contribution in [0.5, 0.6) is 0 Å². The van der Waals surface area contributed by atoms with Crippen LogP contribution in [0.3, 0.4) is 0 Å². The van der Waals surface area contributed by atoms with Crippen LogP contribution >= 0.6 is 0 Å². The topological polar surface area (TPSA) is 428 Å². The average Bonchev–Trinajstić information content (AvgIpc) is 3.58. The summed E-state index contributed by atoms with van der Waals surface area (Å²) < 4.78 is 71.1. The first-order valence-corrected chi connectivity index (χ1v) is 25.6. The Kier molecular flexibility index (Phi) is 45.1. The van der Waals surface area contributed by atoms with Crippen molar-refractivity contribution in [3.8, 4) is 0 Å². The van der Waals surface area contributed by atoms with Crippen molar-refractivity contribution in [1.29, 1.82) is 0 Å². The van der Waals surface area contributed by atoms with Crippen LogP contribution in [0.25, 0.3) is 0 Å². The lowest BCUT2D eigenvalue weighted by Crippen LogP contribution is -2.61. The van der Waals surface area contributed by atoms with Crippen molar-refractivity contribution in [2.75, 3.05) is 132 Å². The molecular weight excluding hydrogens is 1130 g/mol. The minimum Gasteiger partial charge on any atom is -0.463 e. The minimum atomic E-state index is -2.26. The third-order valence-electron chi connectivity index (χ3n) is 11.1. The molecule has 84 heavy (non-hydrogen) atoms. The molecular formula is C54H82O30. The van der Waals surface area contributed by atoms with Crippen LogP contribution in [0.4, 0.5) is 0 Å². The Morgan fingerprint density at radius 3 is 0.738 bits per heavy atom. The highest BCUT2D eigenvalue weighted by Crippen LogP contribution is 2.35. The summed E-state index contributed by atoms with van der Waals surface area (Å²) in [7, 11) is 0. The van der Waals surface area contributed by atoms with Crippen molar-refractivity contribution in [3.05, 3.63) is 88.6 Å². The molecule has 0 saturated heterocycles. The molecule has 0 aliphatic rings. The Hall–Kier alpha value is -6.62. The van der Waals surface area contributed by atoms with Gasteiger partial charge in [0.05, 0.1) is 90.1 Å². The molecule has 8 unspecified atom stereocenters. The van der Waals surface area contributed by atoms with Crippen molar-refractivity contribution in [1.82, 2.24) is 0 Å². The summed E-state index contributed by atoms with van der Waals surface area (Å²) >= 11 is 0. The van der Waals surface area contributed by atoms with E-state index in [0.29, 0.717) is 13.2 Å². The van der Waals surface area contributed by atoms with Gasteiger partial charge in [0.25, 0.3) is 0 Å². The monoisotopic (exact) mass is 1210 g/mol. The summed E-state index contributed by atoms with van der Waals surface area (Å²) in [5.74, 6) is -6.81. The molecule has 0 aliphatic carbocycles. The van der Waals surface area contributed by atoms with Crippen LogP contribution in [0, 0.1) is 10.8 Å². The van der Waals surface area contributed by atoms with E-state index in [4.69, 9.17) is 56.8 Å². The second kappa shape index (κ2) is 47.7. The zero-order valence-corrected chi connectivity index (χ0v) is 47.0. The zero-order chi connectivity index (χ0) is 63.9. The first-order valence-electron chi connectivity index (χ1n) is 25.6. The zero-order valence-electron chi connectivity index (χ0n) is 47.0. The second-order valence-corrected chi connectivity index (χ2v) is 17.0. The number of esters is 8. The molecule has 0 aliphatic heterocycles.